The van der Waals surface area contributed by atoms with Gasteiger partial charge in [0.05, 0.1) is 0 Å². The zero-order chi connectivity index (χ0) is 25.2. The molecule has 0 radical (unpaired) electrons. The number of carboxylic acid groups (broad SMARTS) is 1. The van der Waals surface area contributed by atoms with Crippen molar-refractivity contribution < 1.29 is 24.2 Å². The van der Waals surface area contributed by atoms with Gasteiger partial charge in [-0.1, -0.05) is 62.4 Å². The molecule has 1 heterocycles. The molecule has 7 heteroatoms. The van der Waals surface area contributed by atoms with Crippen molar-refractivity contribution in [1.82, 2.24) is 10.2 Å². The Kier molecular flexibility index (Phi) is 7.15. The molecule has 0 bridgehead atoms. The first-order chi connectivity index (χ1) is 16.7. The van der Waals surface area contributed by atoms with E-state index in [2.05, 4.69) is 29.6 Å². The lowest BCUT2D eigenvalue weighted by Gasteiger charge is -2.42. The van der Waals surface area contributed by atoms with Gasteiger partial charge in [0.25, 0.3) is 0 Å². The Morgan fingerprint density at radius 3 is 2.23 bits per heavy atom. The minimum Gasteiger partial charge on any atom is -0.480 e. The average molecular weight is 479 g/mol. The highest BCUT2D eigenvalue weighted by Crippen LogP contribution is 2.44. The van der Waals surface area contributed by atoms with E-state index < -0.39 is 23.6 Å². The second-order valence-corrected chi connectivity index (χ2v) is 10.1. The van der Waals surface area contributed by atoms with Crippen molar-refractivity contribution in [3.8, 4) is 11.1 Å². The number of likely N-dealkylation sites (tertiary alicyclic amines) is 1. The number of piperidine rings is 1. The molecule has 2 aliphatic rings. The summed E-state index contributed by atoms with van der Waals surface area (Å²) >= 11 is 0. The summed E-state index contributed by atoms with van der Waals surface area (Å²) in [5, 5.41) is 12.6. The molecular formula is C28H34N2O5. The Labute approximate surface area is 206 Å². The maximum absolute atomic E-state index is 13.1. The average Bonchev–Trinajstić information content (AvgIpc) is 3.16. The molecule has 0 spiro atoms. The third kappa shape index (κ3) is 4.90. The summed E-state index contributed by atoms with van der Waals surface area (Å²) in [4.78, 5) is 39.3. The van der Waals surface area contributed by atoms with Crippen LogP contribution in [0.15, 0.2) is 48.5 Å². The predicted octanol–water partition coefficient (Wildman–Crippen LogP) is 4.80. The van der Waals surface area contributed by atoms with Crippen LogP contribution in [-0.4, -0.2) is 52.7 Å². The van der Waals surface area contributed by atoms with Gasteiger partial charge in [0.2, 0.25) is 5.91 Å². The number of hydrogen-bond donors (Lipinski definition) is 2. The molecule has 2 amide bonds. The maximum Gasteiger partial charge on any atom is 0.407 e. The minimum atomic E-state index is -1.21. The minimum absolute atomic E-state index is 0.0275. The molecule has 2 aromatic carbocycles. The number of rotatable bonds is 7. The number of hydrogen-bond acceptors (Lipinski definition) is 4. The molecule has 0 saturated carbocycles. The van der Waals surface area contributed by atoms with Crippen molar-refractivity contribution in [3.05, 3.63) is 59.7 Å². The van der Waals surface area contributed by atoms with Gasteiger partial charge >= 0.3 is 12.1 Å². The van der Waals surface area contributed by atoms with Crippen molar-refractivity contribution >= 4 is 18.0 Å². The van der Waals surface area contributed by atoms with Gasteiger partial charge in [-0.25, -0.2) is 9.59 Å². The van der Waals surface area contributed by atoms with Crippen LogP contribution in [0.2, 0.25) is 0 Å². The molecule has 2 N–H and O–H groups in total. The highest BCUT2D eigenvalue weighted by Gasteiger charge is 2.44. The van der Waals surface area contributed by atoms with E-state index >= 15 is 0 Å². The normalized spacial score (nSPS) is 20.2. The highest BCUT2D eigenvalue weighted by molar-refractivity contribution is 5.87. The molecule has 1 saturated heterocycles. The third-order valence-electron chi connectivity index (χ3n) is 7.50. The molecule has 4 rings (SSSR count). The molecule has 1 aliphatic heterocycles. The Balaban J connectivity index is 1.40. The number of carboxylic acids is 1. The number of aliphatic carboxylic acids is 1. The van der Waals surface area contributed by atoms with Crippen LogP contribution in [0.25, 0.3) is 11.1 Å². The molecule has 1 fully saturated rings. The molecule has 7 nitrogen and oxygen atoms in total. The Morgan fingerprint density at radius 1 is 1.06 bits per heavy atom. The zero-order valence-corrected chi connectivity index (χ0v) is 20.6. The fourth-order valence-corrected chi connectivity index (χ4v) is 5.29. The van der Waals surface area contributed by atoms with Crippen molar-refractivity contribution in [2.45, 2.75) is 64.0 Å². The van der Waals surface area contributed by atoms with E-state index in [9.17, 15) is 19.5 Å². The molecule has 35 heavy (non-hydrogen) atoms. The first-order valence-electron chi connectivity index (χ1n) is 12.4. The fourth-order valence-electron chi connectivity index (χ4n) is 5.29. The summed E-state index contributed by atoms with van der Waals surface area (Å²) in [6.07, 6.45) is 1.45. The summed E-state index contributed by atoms with van der Waals surface area (Å²) in [5.74, 6) is -1.32. The van der Waals surface area contributed by atoms with Crippen molar-refractivity contribution in [2.24, 2.45) is 5.92 Å². The first-order valence-corrected chi connectivity index (χ1v) is 12.4. The van der Waals surface area contributed by atoms with Gasteiger partial charge < -0.3 is 20.1 Å². The fraction of sp³-hybridized carbons (Fsp3) is 0.464. The number of nitrogens with zero attached hydrogens (tertiary/aromatic N) is 1. The van der Waals surface area contributed by atoms with E-state index in [1.54, 1.807) is 6.92 Å². The van der Waals surface area contributed by atoms with E-state index in [-0.39, 0.29) is 30.8 Å². The van der Waals surface area contributed by atoms with Crippen molar-refractivity contribution in [1.29, 1.82) is 0 Å². The molecule has 2 unspecified atom stereocenters. The van der Waals surface area contributed by atoms with Gasteiger partial charge in [-0.2, -0.15) is 0 Å². The molecule has 2 aromatic rings. The van der Waals surface area contributed by atoms with Crippen LogP contribution in [0.1, 0.15) is 63.5 Å². The van der Waals surface area contributed by atoms with Crippen LogP contribution in [0.5, 0.6) is 0 Å². The van der Waals surface area contributed by atoms with E-state index in [0.29, 0.717) is 13.0 Å². The summed E-state index contributed by atoms with van der Waals surface area (Å²) in [7, 11) is 0. The van der Waals surface area contributed by atoms with Gasteiger partial charge in [-0.15, -0.1) is 0 Å². The number of carbonyl (C=O) groups excluding carboxylic acids is 2. The monoisotopic (exact) mass is 478 g/mol. The van der Waals surface area contributed by atoms with Crippen LogP contribution in [0, 0.1) is 5.92 Å². The summed E-state index contributed by atoms with van der Waals surface area (Å²) in [6.45, 7) is 6.07. The predicted molar refractivity (Wildman–Crippen MR) is 133 cm³/mol. The van der Waals surface area contributed by atoms with Gasteiger partial charge in [0, 0.05) is 24.9 Å². The van der Waals surface area contributed by atoms with Crippen LogP contribution in [0.4, 0.5) is 4.79 Å². The molecule has 1 aliphatic carbocycles. The largest absolute Gasteiger partial charge is 0.480 e. The number of ether oxygens (including phenoxy) is 1. The third-order valence-corrected chi connectivity index (χ3v) is 7.50. The van der Waals surface area contributed by atoms with E-state index in [4.69, 9.17) is 4.74 Å². The second kappa shape index (κ2) is 10.1. The van der Waals surface area contributed by atoms with Gasteiger partial charge in [-0.05, 0) is 54.4 Å². The van der Waals surface area contributed by atoms with Gasteiger partial charge in [-0.3, -0.25) is 4.79 Å². The lowest BCUT2D eigenvalue weighted by atomic mass is 9.87. The number of amides is 2. The summed E-state index contributed by atoms with van der Waals surface area (Å²) < 4.78 is 5.66. The quantitative estimate of drug-likeness (QED) is 0.596. The zero-order valence-electron chi connectivity index (χ0n) is 20.6. The van der Waals surface area contributed by atoms with Crippen LogP contribution in [-0.2, 0) is 14.3 Å². The molecule has 186 valence electrons. The van der Waals surface area contributed by atoms with E-state index in [0.717, 1.165) is 35.1 Å². The second-order valence-electron chi connectivity index (χ2n) is 10.1. The first kappa shape index (κ1) is 24.8. The smallest absolute Gasteiger partial charge is 0.407 e. The van der Waals surface area contributed by atoms with Crippen LogP contribution < -0.4 is 5.32 Å². The maximum atomic E-state index is 13.1. The van der Waals surface area contributed by atoms with Crippen molar-refractivity contribution in [2.75, 3.05) is 13.2 Å². The number of alkyl carbamates (subject to hydrolysis) is 1. The van der Waals surface area contributed by atoms with Crippen LogP contribution in [0.3, 0.4) is 0 Å². The Morgan fingerprint density at radius 2 is 1.66 bits per heavy atom. The number of carbonyl (C=O) groups is 3. The number of nitrogens with one attached hydrogen (secondary N) is 1. The van der Waals surface area contributed by atoms with E-state index in [1.807, 2.05) is 38.1 Å². The summed E-state index contributed by atoms with van der Waals surface area (Å²) in [5.41, 5.74) is 3.38. The lowest BCUT2D eigenvalue weighted by Crippen LogP contribution is -2.58. The van der Waals surface area contributed by atoms with Gasteiger partial charge in [0.1, 0.15) is 12.1 Å². The SMILES string of the molecule is CC(C)C(CC(=O)N1CCCCC1(C)C(=O)O)NC(=O)OCC1c2ccccc2-c2ccccc21. The molecular weight excluding hydrogens is 444 g/mol. The molecule has 2 atom stereocenters. The van der Waals surface area contributed by atoms with Gasteiger partial charge in [0.15, 0.2) is 0 Å². The Bertz CT molecular complexity index is 1070. The van der Waals surface area contributed by atoms with E-state index in [1.165, 1.54) is 4.90 Å². The van der Waals surface area contributed by atoms with Crippen molar-refractivity contribution in [3.63, 3.8) is 0 Å². The topological polar surface area (TPSA) is 95.9 Å². The van der Waals surface area contributed by atoms with Crippen LogP contribution >= 0.6 is 0 Å². The summed E-state index contributed by atoms with van der Waals surface area (Å²) in [6, 6.07) is 15.8. The number of fused-ring (bicyclic) bond motifs is 3. The standard InChI is InChI=1S/C28H34N2O5/c1-18(2)24(16-25(31)30-15-9-8-14-28(30,3)26(32)33)29-27(34)35-17-23-21-12-6-4-10-19(21)20-11-5-7-13-22(20)23/h4-7,10-13,18,23-24H,8-9,14-17H2,1-3H3,(H,29,34)(H,32,33). The highest BCUT2D eigenvalue weighted by atomic mass is 16.5. The molecule has 0 aromatic heterocycles. The Hall–Kier alpha value is -3.35. The number of benzene rings is 2. The lowest BCUT2D eigenvalue weighted by molar-refractivity contribution is -0.161.